The number of nitrogens with zero attached hydrogens (tertiary/aromatic N) is 2. The maximum absolute atomic E-state index is 11.9. The summed E-state index contributed by atoms with van der Waals surface area (Å²) in [4.78, 5) is 27.7. The molecule has 0 fully saturated rings. The topological polar surface area (TPSA) is 94.0 Å². The second-order valence-corrected chi connectivity index (χ2v) is 8.04. The van der Waals surface area contributed by atoms with Gasteiger partial charge in [-0.2, -0.15) is 4.99 Å². The number of anilines is 1. The predicted molar refractivity (Wildman–Crippen MR) is 113 cm³/mol. The van der Waals surface area contributed by atoms with Crippen LogP contribution >= 0.6 is 27.7 Å². The van der Waals surface area contributed by atoms with Crippen molar-refractivity contribution in [2.75, 3.05) is 11.1 Å². The first-order chi connectivity index (χ1) is 13.5. The number of rotatable bonds is 3. The number of hydrogen-bond donors (Lipinski definition) is 3. The van der Waals surface area contributed by atoms with Crippen LogP contribution in [0.4, 0.5) is 5.69 Å². The highest BCUT2D eigenvalue weighted by Crippen LogP contribution is 2.40. The van der Waals surface area contributed by atoms with Crippen molar-refractivity contribution in [3.8, 4) is 0 Å². The Morgan fingerprint density at radius 1 is 1.32 bits per heavy atom. The van der Waals surface area contributed by atoms with Crippen LogP contribution in [0, 0.1) is 0 Å². The first-order valence-corrected chi connectivity index (χ1v) is 10.1. The predicted octanol–water partition coefficient (Wildman–Crippen LogP) is 3.11. The van der Waals surface area contributed by atoms with E-state index in [4.69, 9.17) is 0 Å². The molecular formula is C19H15BrN4O3S. The molecule has 0 saturated heterocycles. The summed E-state index contributed by atoms with van der Waals surface area (Å²) in [6, 6.07) is 5.62. The van der Waals surface area contributed by atoms with E-state index in [2.05, 4.69) is 38.2 Å². The Labute approximate surface area is 173 Å². The molecule has 1 aliphatic carbocycles. The molecular weight excluding hydrogens is 444 g/mol. The molecule has 28 heavy (non-hydrogen) atoms. The van der Waals surface area contributed by atoms with Crippen LogP contribution in [0.5, 0.6) is 0 Å². The molecule has 7 nitrogen and oxygen atoms in total. The minimum Gasteiger partial charge on any atom is -0.492 e. The molecule has 0 amide bonds. The Morgan fingerprint density at radius 3 is 2.89 bits per heavy atom. The van der Waals surface area contributed by atoms with Gasteiger partial charge in [0.25, 0.3) is 0 Å². The fraction of sp³-hybridized carbons (Fsp3) is 0.105. The highest BCUT2D eigenvalue weighted by Gasteiger charge is 2.37. The highest BCUT2D eigenvalue weighted by molar-refractivity contribution is 9.10. The van der Waals surface area contributed by atoms with Crippen molar-refractivity contribution in [2.24, 2.45) is 4.99 Å². The number of aliphatic hydroxyl groups is 1. The molecule has 3 N–H and O–H groups in total. The zero-order chi connectivity index (χ0) is 19.8. The van der Waals surface area contributed by atoms with Crippen LogP contribution in [0.1, 0.15) is 5.56 Å². The van der Waals surface area contributed by atoms with Crippen LogP contribution in [0.25, 0.3) is 5.70 Å². The Bertz CT molecular complexity index is 1030. The number of amidine groups is 1. The van der Waals surface area contributed by atoms with Crippen molar-refractivity contribution in [2.45, 2.75) is 6.17 Å². The SMILES string of the molecule is C=CCSC1=NC(O)=C2c3cc(Br)ccc3N[C@@H](C3=CC(=O)C(=O)C=C3)N2N1. The Hall–Kier alpha value is -2.78. The molecule has 0 spiro atoms. The molecule has 2 aliphatic heterocycles. The second-order valence-electron chi connectivity index (χ2n) is 6.11. The van der Waals surface area contributed by atoms with Gasteiger partial charge < -0.3 is 10.4 Å². The summed E-state index contributed by atoms with van der Waals surface area (Å²) in [7, 11) is 0. The van der Waals surface area contributed by atoms with E-state index in [-0.39, 0.29) is 5.88 Å². The fourth-order valence-corrected chi connectivity index (χ4v) is 4.02. The third kappa shape index (κ3) is 3.27. The third-order valence-corrected chi connectivity index (χ3v) is 5.64. The molecule has 4 rings (SSSR count). The number of thioether (sulfide) groups is 1. The first kappa shape index (κ1) is 18.6. The number of hydrogen-bond acceptors (Lipinski definition) is 8. The molecule has 1 aromatic rings. The lowest BCUT2D eigenvalue weighted by Crippen LogP contribution is -2.55. The van der Waals surface area contributed by atoms with Crippen molar-refractivity contribution >= 4 is 55.8 Å². The van der Waals surface area contributed by atoms with E-state index in [1.54, 1.807) is 17.2 Å². The standard InChI is InChI=1S/C19H15BrN4O3S/c1-2-7-28-19-22-18(27)16-12-9-11(20)4-5-13(12)21-17(24(16)23-19)10-3-6-14(25)15(26)8-10/h2-6,8-9,17,21,27H,1,7H2,(H,22,23)/t17-/m1/s1. The third-order valence-electron chi connectivity index (χ3n) is 4.28. The van der Waals surface area contributed by atoms with Gasteiger partial charge in [0.2, 0.25) is 17.4 Å². The molecule has 0 saturated carbocycles. The van der Waals surface area contributed by atoms with Crippen molar-refractivity contribution < 1.29 is 14.7 Å². The summed E-state index contributed by atoms with van der Waals surface area (Å²) in [5, 5.41) is 16.3. The summed E-state index contributed by atoms with van der Waals surface area (Å²) in [6.07, 6.45) is 5.37. The van der Waals surface area contributed by atoms with Gasteiger partial charge in [-0.15, -0.1) is 6.58 Å². The Morgan fingerprint density at radius 2 is 2.14 bits per heavy atom. The van der Waals surface area contributed by atoms with Gasteiger partial charge in [-0.1, -0.05) is 39.8 Å². The Balaban J connectivity index is 1.82. The molecule has 0 bridgehead atoms. The minimum absolute atomic E-state index is 0.140. The largest absolute Gasteiger partial charge is 0.492 e. The van der Waals surface area contributed by atoms with Crippen LogP contribution in [0.3, 0.4) is 0 Å². The zero-order valence-corrected chi connectivity index (χ0v) is 16.9. The number of aliphatic imine (C=N–C) groups is 1. The van der Waals surface area contributed by atoms with Crippen molar-refractivity contribution in [1.82, 2.24) is 10.4 Å². The van der Waals surface area contributed by atoms with Crippen molar-refractivity contribution in [3.63, 3.8) is 0 Å². The van der Waals surface area contributed by atoms with Crippen LogP contribution < -0.4 is 10.7 Å². The lowest BCUT2D eigenvalue weighted by Gasteiger charge is -2.43. The number of hydrazine groups is 1. The molecule has 1 atom stereocenters. The maximum atomic E-state index is 11.9. The number of benzene rings is 1. The van der Waals surface area contributed by atoms with Gasteiger partial charge in [0.05, 0.1) is 0 Å². The summed E-state index contributed by atoms with van der Waals surface area (Å²) in [5.74, 6) is -0.669. The van der Waals surface area contributed by atoms with Gasteiger partial charge >= 0.3 is 0 Å². The number of ketones is 2. The summed E-state index contributed by atoms with van der Waals surface area (Å²) in [5.41, 5.74) is 5.76. The van der Waals surface area contributed by atoms with Gasteiger partial charge in [0.1, 0.15) is 11.9 Å². The summed E-state index contributed by atoms with van der Waals surface area (Å²) >= 11 is 4.83. The van der Waals surface area contributed by atoms with Gasteiger partial charge in [-0.3, -0.25) is 20.0 Å². The van der Waals surface area contributed by atoms with Crippen LogP contribution in [0.15, 0.2) is 70.0 Å². The lowest BCUT2D eigenvalue weighted by atomic mass is 9.98. The molecule has 142 valence electrons. The number of allylic oxidation sites excluding steroid dienone is 2. The number of carbonyl (C=O) groups is 2. The van der Waals surface area contributed by atoms with E-state index >= 15 is 0 Å². The van der Waals surface area contributed by atoms with E-state index < -0.39 is 17.7 Å². The molecule has 2 heterocycles. The van der Waals surface area contributed by atoms with Crippen LogP contribution in [-0.4, -0.2) is 38.8 Å². The van der Waals surface area contributed by atoms with Crippen molar-refractivity contribution in [1.29, 1.82) is 0 Å². The van der Waals surface area contributed by atoms with E-state index in [1.165, 1.54) is 23.9 Å². The molecule has 0 unspecified atom stereocenters. The average molecular weight is 459 g/mol. The number of aliphatic hydroxyl groups excluding tert-OH is 1. The minimum atomic E-state index is -0.581. The maximum Gasteiger partial charge on any atom is 0.240 e. The van der Waals surface area contributed by atoms with Gasteiger partial charge in [0, 0.05) is 27.0 Å². The van der Waals surface area contributed by atoms with Gasteiger partial charge in [-0.05, 0) is 30.4 Å². The zero-order valence-electron chi connectivity index (χ0n) is 14.5. The normalized spacial score (nSPS) is 20.6. The second kappa shape index (κ2) is 7.33. The molecule has 9 heteroatoms. The van der Waals surface area contributed by atoms with E-state index in [0.29, 0.717) is 22.2 Å². The number of fused-ring (bicyclic) bond motifs is 3. The summed E-state index contributed by atoms with van der Waals surface area (Å²) in [6.45, 7) is 3.69. The monoisotopic (exact) mass is 458 g/mol. The van der Waals surface area contributed by atoms with Crippen molar-refractivity contribution in [3.05, 3.63) is 70.6 Å². The quantitative estimate of drug-likeness (QED) is 0.363. The van der Waals surface area contributed by atoms with E-state index in [9.17, 15) is 14.7 Å². The molecule has 0 aromatic heterocycles. The van der Waals surface area contributed by atoms with Crippen LogP contribution in [0.2, 0.25) is 0 Å². The lowest BCUT2D eigenvalue weighted by molar-refractivity contribution is -0.131. The smallest absolute Gasteiger partial charge is 0.240 e. The number of carbonyl (C=O) groups excluding carboxylic acids is 2. The average Bonchev–Trinajstić information content (AvgIpc) is 2.67. The van der Waals surface area contributed by atoms with Gasteiger partial charge in [0.15, 0.2) is 5.17 Å². The number of nitrogens with one attached hydrogen (secondary N) is 2. The fourth-order valence-electron chi connectivity index (χ4n) is 3.06. The molecule has 0 radical (unpaired) electrons. The van der Waals surface area contributed by atoms with Crippen LogP contribution in [-0.2, 0) is 9.59 Å². The number of halogens is 1. The van der Waals surface area contributed by atoms with E-state index in [1.807, 2.05) is 18.2 Å². The molecule has 1 aromatic carbocycles. The first-order valence-electron chi connectivity index (χ1n) is 8.34. The van der Waals surface area contributed by atoms with Gasteiger partial charge in [-0.25, -0.2) is 0 Å². The molecule has 3 aliphatic rings. The summed E-state index contributed by atoms with van der Waals surface area (Å²) < 4.78 is 0.847. The Kier molecular flexibility index (Phi) is 4.86. The highest BCUT2D eigenvalue weighted by atomic mass is 79.9. The van der Waals surface area contributed by atoms with E-state index in [0.717, 1.165) is 15.7 Å².